The topological polar surface area (TPSA) is 98.6 Å². The number of aryl methyl sites for hydroxylation is 1. The van der Waals surface area contributed by atoms with Crippen LogP contribution < -0.4 is 5.32 Å². The lowest BCUT2D eigenvalue weighted by atomic mass is 10.0. The van der Waals surface area contributed by atoms with Gasteiger partial charge in [0.2, 0.25) is 11.8 Å². The van der Waals surface area contributed by atoms with Crippen molar-refractivity contribution in [2.45, 2.75) is 57.4 Å². The van der Waals surface area contributed by atoms with Gasteiger partial charge in [0.15, 0.2) is 0 Å². The zero-order chi connectivity index (χ0) is 24.9. The molecule has 0 spiro atoms. The molecule has 190 valence electrons. The molecule has 3 aromatic rings. The van der Waals surface area contributed by atoms with Crippen LogP contribution in [0, 0.1) is 6.92 Å². The van der Waals surface area contributed by atoms with Crippen LogP contribution in [0.25, 0.3) is 11.0 Å². The summed E-state index contributed by atoms with van der Waals surface area (Å²) in [6, 6.07) is 14.5. The first-order valence-corrected chi connectivity index (χ1v) is 12.7. The number of carbonyl (C=O) groups is 2. The summed E-state index contributed by atoms with van der Waals surface area (Å²) >= 11 is 0. The number of nitrogens with one attached hydrogen (secondary N) is 1. The van der Waals surface area contributed by atoms with Crippen molar-refractivity contribution in [3.8, 4) is 0 Å². The van der Waals surface area contributed by atoms with E-state index in [-0.39, 0.29) is 30.6 Å². The molecule has 36 heavy (non-hydrogen) atoms. The highest BCUT2D eigenvalue weighted by Crippen LogP contribution is 2.26. The van der Waals surface area contributed by atoms with E-state index in [4.69, 9.17) is 9.47 Å². The van der Waals surface area contributed by atoms with E-state index in [9.17, 15) is 9.59 Å². The van der Waals surface area contributed by atoms with Gasteiger partial charge in [0, 0.05) is 26.3 Å². The van der Waals surface area contributed by atoms with Gasteiger partial charge in [0.25, 0.3) is 0 Å². The Balaban J connectivity index is 1.44. The molecule has 0 saturated carbocycles. The lowest BCUT2D eigenvalue weighted by Crippen LogP contribution is -2.48. The molecule has 2 aliphatic rings. The number of fused-ring (bicyclic) bond motifs is 1. The van der Waals surface area contributed by atoms with Crippen LogP contribution in [-0.4, -0.2) is 70.2 Å². The molecule has 2 amide bonds. The lowest BCUT2D eigenvalue weighted by molar-refractivity contribution is -0.143. The Kier molecular flexibility index (Phi) is 7.58. The molecule has 1 aromatic heterocycles. The van der Waals surface area contributed by atoms with Crippen molar-refractivity contribution in [1.29, 1.82) is 0 Å². The maximum Gasteiger partial charge on any atom is 0.247 e. The summed E-state index contributed by atoms with van der Waals surface area (Å²) in [4.78, 5) is 29.2. The van der Waals surface area contributed by atoms with Crippen molar-refractivity contribution in [2.75, 3.05) is 26.3 Å². The summed E-state index contributed by atoms with van der Waals surface area (Å²) in [5, 5.41) is 11.4. The van der Waals surface area contributed by atoms with Crippen LogP contribution in [0.4, 0.5) is 0 Å². The third kappa shape index (κ3) is 5.57. The Hall–Kier alpha value is -3.30. The molecular formula is C27H33N5O4. The summed E-state index contributed by atoms with van der Waals surface area (Å²) in [6.45, 7) is 4.13. The Morgan fingerprint density at radius 3 is 2.50 bits per heavy atom. The number of amides is 2. The van der Waals surface area contributed by atoms with Crippen LogP contribution in [0.2, 0.25) is 0 Å². The van der Waals surface area contributed by atoms with E-state index in [1.165, 1.54) is 0 Å². The summed E-state index contributed by atoms with van der Waals surface area (Å²) in [6.07, 6.45) is 3.62. The van der Waals surface area contributed by atoms with Crippen molar-refractivity contribution in [1.82, 2.24) is 25.2 Å². The van der Waals surface area contributed by atoms with Gasteiger partial charge >= 0.3 is 0 Å². The summed E-state index contributed by atoms with van der Waals surface area (Å²) in [5.74, 6) is -0.428. The van der Waals surface area contributed by atoms with Gasteiger partial charge in [0.1, 0.15) is 18.1 Å². The standard InChI is InChI=1S/C27H33N5O4/c1-19-10-12-20(13-11-19)26(27(34)28-16-21-6-4-14-35-21)31(17-22-7-5-15-36-22)25(33)18-32-24-9-3-2-8-23(24)29-30-32/h2-3,8-13,21-22,26H,4-7,14-18H2,1H3,(H,28,34). The zero-order valence-corrected chi connectivity index (χ0v) is 20.6. The van der Waals surface area contributed by atoms with Gasteiger partial charge in [-0.05, 0) is 50.3 Å². The molecule has 3 heterocycles. The monoisotopic (exact) mass is 491 g/mol. The maximum absolute atomic E-state index is 13.9. The van der Waals surface area contributed by atoms with Crippen LogP contribution in [0.5, 0.6) is 0 Å². The molecule has 0 aliphatic carbocycles. The Morgan fingerprint density at radius 1 is 1.06 bits per heavy atom. The SMILES string of the molecule is Cc1ccc(C(C(=O)NCC2CCCO2)N(CC2CCCO2)C(=O)Cn2nnc3ccccc32)cc1. The van der Waals surface area contributed by atoms with Gasteiger partial charge in [-0.15, -0.1) is 5.10 Å². The third-order valence-corrected chi connectivity index (χ3v) is 6.93. The van der Waals surface area contributed by atoms with Crippen molar-refractivity contribution in [3.05, 3.63) is 59.7 Å². The van der Waals surface area contributed by atoms with E-state index in [1.54, 1.807) is 9.58 Å². The Bertz CT molecular complexity index is 1180. The highest BCUT2D eigenvalue weighted by molar-refractivity contribution is 5.89. The molecule has 2 saturated heterocycles. The minimum Gasteiger partial charge on any atom is -0.376 e. The third-order valence-electron chi connectivity index (χ3n) is 6.93. The van der Waals surface area contributed by atoms with E-state index < -0.39 is 6.04 Å². The van der Waals surface area contributed by atoms with Gasteiger partial charge < -0.3 is 19.7 Å². The first kappa shape index (κ1) is 24.4. The molecule has 9 nitrogen and oxygen atoms in total. The van der Waals surface area contributed by atoms with E-state index >= 15 is 0 Å². The number of rotatable bonds is 9. The highest BCUT2D eigenvalue weighted by atomic mass is 16.5. The average molecular weight is 492 g/mol. The Labute approximate surface area is 210 Å². The van der Waals surface area contributed by atoms with Crippen molar-refractivity contribution in [2.24, 2.45) is 0 Å². The van der Waals surface area contributed by atoms with Crippen molar-refractivity contribution >= 4 is 22.8 Å². The lowest BCUT2D eigenvalue weighted by Gasteiger charge is -2.33. The molecule has 0 radical (unpaired) electrons. The van der Waals surface area contributed by atoms with Crippen LogP contribution >= 0.6 is 0 Å². The van der Waals surface area contributed by atoms with Crippen LogP contribution in [0.1, 0.15) is 42.9 Å². The second-order valence-corrected chi connectivity index (χ2v) is 9.61. The largest absolute Gasteiger partial charge is 0.376 e. The Morgan fingerprint density at radius 2 is 1.78 bits per heavy atom. The number of para-hydroxylation sites is 1. The second-order valence-electron chi connectivity index (χ2n) is 9.61. The zero-order valence-electron chi connectivity index (χ0n) is 20.6. The van der Waals surface area contributed by atoms with Gasteiger partial charge in [-0.3, -0.25) is 9.59 Å². The average Bonchev–Trinajstić information content (AvgIpc) is 3.67. The van der Waals surface area contributed by atoms with Crippen molar-refractivity contribution < 1.29 is 19.1 Å². The minimum atomic E-state index is -0.793. The van der Waals surface area contributed by atoms with Gasteiger partial charge in [-0.1, -0.05) is 47.2 Å². The predicted octanol–water partition coefficient (Wildman–Crippen LogP) is 2.78. The molecule has 1 N–H and O–H groups in total. The number of benzene rings is 2. The van der Waals surface area contributed by atoms with E-state index in [0.29, 0.717) is 19.7 Å². The molecule has 3 atom stereocenters. The molecule has 2 aromatic carbocycles. The number of carbonyl (C=O) groups excluding carboxylic acids is 2. The van der Waals surface area contributed by atoms with E-state index in [1.807, 2.05) is 55.5 Å². The van der Waals surface area contributed by atoms with E-state index in [2.05, 4.69) is 15.6 Å². The number of hydrogen-bond donors (Lipinski definition) is 1. The molecular weight excluding hydrogens is 458 g/mol. The van der Waals surface area contributed by atoms with Crippen LogP contribution in [-0.2, 0) is 25.6 Å². The van der Waals surface area contributed by atoms with Crippen molar-refractivity contribution in [3.63, 3.8) is 0 Å². The van der Waals surface area contributed by atoms with Gasteiger partial charge in [0.05, 0.1) is 17.7 Å². The van der Waals surface area contributed by atoms with Gasteiger partial charge in [-0.2, -0.15) is 0 Å². The van der Waals surface area contributed by atoms with E-state index in [0.717, 1.165) is 54.5 Å². The maximum atomic E-state index is 13.9. The number of nitrogens with zero attached hydrogens (tertiary/aromatic N) is 4. The first-order chi connectivity index (χ1) is 17.6. The number of hydrogen-bond acceptors (Lipinski definition) is 6. The molecule has 2 fully saturated rings. The fourth-order valence-electron chi connectivity index (χ4n) is 4.95. The fourth-order valence-corrected chi connectivity index (χ4v) is 4.95. The smallest absolute Gasteiger partial charge is 0.247 e. The minimum absolute atomic E-state index is 0.0106. The molecule has 9 heteroatoms. The quantitative estimate of drug-likeness (QED) is 0.494. The fraction of sp³-hybridized carbons (Fsp3) is 0.481. The molecule has 0 bridgehead atoms. The summed E-state index contributed by atoms with van der Waals surface area (Å²) in [7, 11) is 0. The number of ether oxygens (including phenoxy) is 2. The number of aromatic nitrogens is 3. The molecule has 3 unspecified atom stereocenters. The summed E-state index contributed by atoms with van der Waals surface area (Å²) in [5.41, 5.74) is 3.35. The molecule has 2 aliphatic heterocycles. The van der Waals surface area contributed by atoms with Crippen LogP contribution in [0.3, 0.4) is 0 Å². The highest BCUT2D eigenvalue weighted by Gasteiger charge is 2.35. The normalized spacial score (nSPS) is 20.5. The second kappa shape index (κ2) is 11.2. The van der Waals surface area contributed by atoms with Crippen LogP contribution in [0.15, 0.2) is 48.5 Å². The predicted molar refractivity (Wildman–Crippen MR) is 134 cm³/mol. The van der Waals surface area contributed by atoms with Gasteiger partial charge in [-0.25, -0.2) is 4.68 Å². The molecule has 5 rings (SSSR count). The summed E-state index contributed by atoms with van der Waals surface area (Å²) < 4.78 is 13.2. The first-order valence-electron chi connectivity index (χ1n) is 12.7.